The summed E-state index contributed by atoms with van der Waals surface area (Å²) >= 11 is 7.34. The molecule has 6 aromatic rings. The van der Waals surface area contributed by atoms with Crippen LogP contribution in [0.25, 0.3) is 47.7 Å². The maximum Gasteiger partial charge on any atom is 0.168 e. The predicted octanol–water partition coefficient (Wildman–Crippen LogP) is 6.05. The van der Waals surface area contributed by atoms with E-state index in [0.29, 0.717) is 31.2 Å². The Kier molecular flexibility index (Phi) is 4.21. The molecular weight excluding hydrogens is 494 g/mol. The first-order chi connectivity index (χ1) is 16.6. The van der Waals surface area contributed by atoms with E-state index >= 15 is 0 Å². The van der Waals surface area contributed by atoms with E-state index in [4.69, 9.17) is 11.6 Å². The second kappa shape index (κ2) is 6.91. The molecule has 176 valence electrons. The number of aromatic hydroxyl groups is 7. The van der Waals surface area contributed by atoms with Crippen LogP contribution < -0.4 is 0 Å². The molecule has 35 heavy (non-hydrogen) atoms. The fourth-order valence-corrected chi connectivity index (χ4v) is 6.26. The number of hydrogen-bond acceptors (Lipinski definition) is 8. The number of hydrogen-bond donors (Lipinski definition) is 7. The van der Waals surface area contributed by atoms with Crippen LogP contribution in [0, 0.1) is 6.92 Å². The third-order valence-corrected chi connectivity index (χ3v) is 7.68. The van der Waals surface area contributed by atoms with E-state index in [-0.39, 0.29) is 32.8 Å². The third kappa shape index (κ3) is 2.62. The standard InChI is InChI=1S/C25H16ClNO7S/c1-8-6-9(26)2-3-10(8)27-19-12(29)7-13(30)22(32)16(19)17-20(27)25-18(24(34)23(17)33)15-14(35-25)5-4-11(28)21(15)31/h2-7,28-34H,1H3. The SMILES string of the molecule is Cc1cc(Cl)ccc1-n1c2c(O)cc(O)c(O)c2c2c(O)c(O)c3c(sc4ccc(O)c(O)c43)c21. The highest BCUT2D eigenvalue weighted by Gasteiger charge is 2.30. The number of benzene rings is 4. The topological polar surface area (TPSA) is 147 Å². The Morgan fingerprint density at radius 2 is 1.31 bits per heavy atom. The molecule has 0 amide bonds. The Bertz CT molecular complexity index is 1900. The molecule has 6 rings (SSSR count). The van der Waals surface area contributed by atoms with Crippen molar-refractivity contribution >= 4 is 64.9 Å². The second-order valence-electron chi connectivity index (χ2n) is 8.29. The first-order valence-electron chi connectivity index (χ1n) is 10.3. The zero-order chi connectivity index (χ0) is 24.9. The molecule has 2 aromatic heterocycles. The van der Waals surface area contributed by atoms with E-state index in [1.807, 2.05) is 0 Å². The molecule has 0 aliphatic heterocycles. The molecule has 0 saturated carbocycles. The summed E-state index contributed by atoms with van der Waals surface area (Å²) in [6.45, 7) is 1.79. The highest BCUT2D eigenvalue weighted by molar-refractivity contribution is 7.26. The number of aromatic nitrogens is 1. The molecule has 0 aliphatic carbocycles. The summed E-state index contributed by atoms with van der Waals surface area (Å²) in [5, 5.41) is 75.4. The molecular formula is C25H16ClNO7S. The number of rotatable bonds is 1. The van der Waals surface area contributed by atoms with Crippen LogP contribution >= 0.6 is 22.9 Å². The third-order valence-electron chi connectivity index (χ3n) is 6.29. The maximum atomic E-state index is 11.2. The normalized spacial score (nSPS) is 11.9. The Morgan fingerprint density at radius 3 is 2.03 bits per heavy atom. The zero-order valence-corrected chi connectivity index (χ0v) is 19.4. The van der Waals surface area contributed by atoms with Crippen molar-refractivity contribution in [2.75, 3.05) is 0 Å². The van der Waals surface area contributed by atoms with Gasteiger partial charge < -0.3 is 40.3 Å². The van der Waals surface area contributed by atoms with Gasteiger partial charge in [-0.2, -0.15) is 0 Å². The first kappa shape index (κ1) is 21.3. The lowest BCUT2D eigenvalue weighted by atomic mass is 10.0. The van der Waals surface area contributed by atoms with Gasteiger partial charge in [-0.15, -0.1) is 11.3 Å². The van der Waals surface area contributed by atoms with Crippen LogP contribution in [0.4, 0.5) is 0 Å². The number of aryl methyl sites for hydroxylation is 1. The smallest absolute Gasteiger partial charge is 0.168 e. The van der Waals surface area contributed by atoms with E-state index in [9.17, 15) is 35.7 Å². The molecule has 0 bridgehead atoms. The lowest BCUT2D eigenvalue weighted by Gasteiger charge is -2.13. The zero-order valence-electron chi connectivity index (χ0n) is 17.8. The molecule has 0 aliphatic rings. The second-order valence-corrected chi connectivity index (χ2v) is 9.78. The number of phenolic OH excluding ortho intramolecular Hbond substituents is 7. The summed E-state index contributed by atoms with van der Waals surface area (Å²) in [5.74, 6) is -3.67. The van der Waals surface area contributed by atoms with Gasteiger partial charge in [-0.25, -0.2) is 0 Å². The number of nitrogens with zero attached hydrogens (tertiary/aromatic N) is 1. The van der Waals surface area contributed by atoms with Crippen molar-refractivity contribution in [2.24, 2.45) is 0 Å². The molecule has 0 radical (unpaired) electrons. The van der Waals surface area contributed by atoms with E-state index in [0.717, 1.165) is 6.07 Å². The van der Waals surface area contributed by atoms with Crippen LogP contribution in [0.2, 0.25) is 5.02 Å². The van der Waals surface area contributed by atoms with Crippen molar-refractivity contribution in [3.8, 4) is 45.9 Å². The van der Waals surface area contributed by atoms with Crippen LogP contribution in [-0.2, 0) is 0 Å². The van der Waals surface area contributed by atoms with Gasteiger partial charge in [-0.1, -0.05) is 11.6 Å². The summed E-state index contributed by atoms with van der Waals surface area (Å²) < 4.78 is 2.51. The highest BCUT2D eigenvalue weighted by Crippen LogP contribution is 2.57. The van der Waals surface area contributed by atoms with Crippen molar-refractivity contribution in [3.05, 3.63) is 47.0 Å². The fraction of sp³-hybridized carbons (Fsp3) is 0.0400. The van der Waals surface area contributed by atoms with Gasteiger partial charge in [-0.05, 0) is 42.8 Å². The van der Waals surface area contributed by atoms with Crippen LogP contribution in [0.3, 0.4) is 0 Å². The van der Waals surface area contributed by atoms with E-state index in [1.54, 1.807) is 35.8 Å². The molecule has 0 unspecified atom stereocenters. The number of thiophene rings is 1. The molecule has 7 N–H and O–H groups in total. The Balaban J connectivity index is 2.02. The average molecular weight is 510 g/mol. The van der Waals surface area contributed by atoms with Gasteiger partial charge in [0.15, 0.2) is 34.5 Å². The number of fused-ring (bicyclic) bond motifs is 7. The predicted molar refractivity (Wildman–Crippen MR) is 135 cm³/mol. The molecule has 2 heterocycles. The van der Waals surface area contributed by atoms with Crippen LogP contribution in [-0.4, -0.2) is 40.3 Å². The van der Waals surface area contributed by atoms with Gasteiger partial charge in [0.1, 0.15) is 11.3 Å². The number of halogens is 1. The summed E-state index contributed by atoms with van der Waals surface area (Å²) in [7, 11) is 0. The van der Waals surface area contributed by atoms with Crippen LogP contribution in [0.5, 0.6) is 40.2 Å². The van der Waals surface area contributed by atoms with E-state index < -0.39 is 34.5 Å². The van der Waals surface area contributed by atoms with Crippen molar-refractivity contribution < 1.29 is 35.7 Å². The monoisotopic (exact) mass is 509 g/mol. The molecule has 10 heteroatoms. The van der Waals surface area contributed by atoms with Gasteiger partial charge in [-0.3, -0.25) is 0 Å². The summed E-state index contributed by atoms with van der Waals surface area (Å²) in [6, 6.07) is 8.92. The maximum absolute atomic E-state index is 11.2. The van der Waals surface area contributed by atoms with Gasteiger partial charge in [0.25, 0.3) is 0 Å². The van der Waals surface area contributed by atoms with Crippen LogP contribution in [0.15, 0.2) is 36.4 Å². The quantitative estimate of drug-likeness (QED) is 0.105. The van der Waals surface area contributed by atoms with E-state index in [2.05, 4.69) is 0 Å². The molecule has 0 fully saturated rings. The van der Waals surface area contributed by atoms with Crippen LogP contribution in [0.1, 0.15) is 5.56 Å². The number of phenols is 7. The molecule has 4 aromatic carbocycles. The first-order valence-corrected chi connectivity index (χ1v) is 11.5. The minimum Gasteiger partial charge on any atom is -0.506 e. The molecule has 0 saturated heterocycles. The van der Waals surface area contributed by atoms with Gasteiger partial charge in [0.05, 0.1) is 31.8 Å². The Hall–Kier alpha value is -4.21. The van der Waals surface area contributed by atoms with Crippen molar-refractivity contribution in [2.45, 2.75) is 6.92 Å². The van der Waals surface area contributed by atoms with Crippen molar-refractivity contribution in [1.82, 2.24) is 4.57 Å². The summed E-state index contributed by atoms with van der Waals surface area (Å²) in [5.41, 5.74) is 1.62. The average Bonchev–Trinajstić information content (AvgIpc) is 3.36. The van der Waals surface area contributed by atoms with E-state index in [1.165, 1.54) is 17.4 Å². The van der Waals surface area contributed by atoms with Crippen molar-refractivity contribution in [3.63, 3.8) is 0 Å². The largest absolute Gasteiger partial charge is 0.506 e. The van der Waals surface area contributed by atoms with Gasteiger partial charge in [0.2, 0.25) is 0 Å². The Labute approximate surface area is 205 Å². The summed E-state index contributed by atoms with van der Waals surface area (Å²) in [6.07, 6.45) is 0. The minimum atomic E-state index is -0.634. The van der Waals surface area contributed by atoms with Gasteiger partial charge >= 0.3 is 0 Å². The molecule has 8 nitrogen and oxygen atoms in total. The Morgan fingerprint density at radius 1 is 0.657 bits per heavy atom. The summed E-state index contributed by atoms with van der Waals surface area (Å²) in [4.78, 5) is 0. The van der Waals surface area contributed by atoms with Crippen molar-refractivity contribution in [1.29, 1.82) is 0 Å². The lowest BCUT2D eigenvalue weighted by molar-refractivity contribution is 0.401. The minimum absolute atomic E-state index is 0.0154. The highest BCUT2D eigenvalue weighted by atomic mass is 35.5. The van der Waals surface area contributed by atoms with Gasteiger partial charge in [0, 0.05) is 21.5 Å². The lowest BCUT2D eigenvalue weighted by Crippen LogP contribution is -1.97. The fourth-order valence-electron chi connectivity index (χ4n) is 4.79. The molecule has 0 atom stereocenters. The molecule has 0 spiro atoms.